The van der Waals surface area contributed by atoms with Crippen molar-refractivity contribution in [2.24, 2.45) is 0 Å². The van der Waals surface area contributed by atoms with E-state index in [0.29, 0.717) is 12.6 Å². The molecule has 1 N–H and O–H groups in total. The highest BCUT2D eigenvalue weighted by atomic mass is 19.1. The van der Waals surface area contributed by atoms with Crippen LogP contribution in [0.1, 0.15) is 13.8 Å². The molecule has 0 heterocycles. The van der Waals surface area contributed by atoms with Crippen LogP contribution in [0.5, 0.6) is 5.75 Å². The topological polar surface area (TPSA) is 64.4 Å². The molecule has 5 nitrogen and oxygen atoms in total. The first-order valence-corrected chi connectivity index (χ1v) is 5.87. The van der Waals surface area contributed by atoms with Crippen LogP contribution in [0.15, 0.2) is 30.4 Å². The number of nitrogens with one attached hydrogen (secondary N) is 1. The molecule has 1 aromatic carbocycles. The molecular weight excluding hydrogens is 251 g/mol. The van der Waals surface area contributed by atoms with Crippen molar-refractivity contribution in [3.8, 4) is 5.75 Å². The van der Waals surface area contributed by atoms with Crippen LogP contribution >= 0.6 is 0 Å². The van der Waals surface area contributed by atoms with E-state index in [1.54, 1.807) is 0 Å². The number of rotatable bonds is 7. The van der Waals surface area contributed by atoms with Gasteiger partial charge in [-0.15, -0.1) is 0 Å². The molecule has 19 heavy (non-hydrogen) atoms. The minimum Gasteiger partial charge on any atom is -0.482 e. The zero-order valence-electron chi connectivity index (χ0n) is 11.0. The quantitative estimate of drug-likeness (QED) is 0.469. The normalized spacial score (nSPS) is 10.5. The standard InChI is InChI=1S/C13H17FN2O3/c1-9(2)15-7-10(3)8-19-13-6-11(14)4-5-12(13)16(17)18/h4-6,9,15H,3,7-8H2,1-2H3. The van der Waals surface area contributed by atoms with E-state index in [-0.39, 0.29) is 18.0 Å². The monoisotopic (exact) mass is 268 g/mol. The van der Waals surface area contributed by atoms with Gasteiger partial charge in [0.25, 0.3) is 0 Å². The lowest BCUT2D eigenvalue weighted by atomic mass is 10.2. The maximum absolute atomic E-state index is 13.1. The van der Waals surface area contributed by atoms with Crippen molar-refractivity contribution in [2.45, 2.75) is 19.9 Å². The Morgan fingerprint density at radius 1 is 1.58 bits per heavy atom. The van der Waals surface area contributed by atoms with Gasteiger partial charge in [-0.1, -0.05) is 20.4 Å². The predicted molar refractivity (Wildman–Crippen MR) is 70.8 cm³/mol. The van der Waals surface area contributed by atoms with E-state index in [2.05, 4.69) is 11.9 Å². The van der Waals surface area contributed by atoms with Crippen molar-refractivity contribution in [2.75, 3.05) is 13.2 Å². The van der Waals surface area contributed by atoms with Crippen molar-refractivity contribution in [1.82, 2.24) is 5.32 Å². The van der Waals surface area contributed by atoms with E-state index in [9.17, 15) is 14.5 Å². The van der Waals surface area contributed by atoms with Gasteiger partial charge < -0.3 is 10.1 Å². The average Bonchev–Trinajstić information content (AvgIpc) is 2.33. The van der Waals surface area contributed by atoms with Crippen LogP contribution in [0.3, 0.4) is 0 Å². The summed E-state index contributed by atoms with van der Waals surface area (Å²) in [4.78, 5) is 10.2. The minimum atomic E-state index is -0.607. The summed E-state index contributed by atoms with van der Waals surface area (Å²) >= 11 is 0. The van der Waals surface area contributed by atoms with Gasteiger partial charge in [0.2, 0.25) is 0 Å². The molecule has 0 saturated carbocycles. The first kappa shape index (κ1) is 15.1. The Labute approximate surface area is 111 Å². The molecule has 0 unspecified atom stereocenters. The number of nitro groups is 1. The van der Waals surface area contributed by atoms with Gasteiger partial charge in [0.05, 0.1) is 4.92 Å². The fourth-order valence-corrected chi connectivity index (χ4v) is 1.33. The molecule has 0 radical (unpaired) electrons. The molecule has 0 saturated heterocycles. The fraction of sp³-hybridized carbons (Fsp3) is 0.385. The second-order valence-electron chi connectivity index (χ2n) is 4.44. The van der Waals surface area contributed by atoms with Crippen molar-refractivity contribution >= 4 is 5.69 Å². The number of ether oxygens (including phenoxy) is 1. The van der Waals surface area contributed by atoms with Crippen molar-refractivity contribution in [3.05, 3.63) is 46.3 Å². The van der Waals surface area contributed by atoms with Crippen LogP contribution < -0.4 is 10.1 Å². The third kappa shape index (κ3) is 5.05. The number of halogens is 1. The SMILES string of the molecule is C=C(CNC(C)C)COc1cc(F)ccc1[N+](=O)[O-]. The van der Waals surface area contributed by atoms with E-state index in [1.165, 1.54) is 0 Å². The molecule has 6 heteroatoms. The lowest BCUT2D eigenvalue weighted by molar-refractivity contribution is -0.385. The van der Waals surface area contributed by atoms with Gasteiger partial charge in [0.15, 0.2) is 5.75 Å². The molecule has 0 bridgehead atoms. The van der Waals surface area contributed by atoms with Crippen LogP contribution in [0.2, 0.25) is 0 Å². The third-order valence-corrected chi connectivity index (χ3v) is 2.31. The largest absolute Gasteiger partial charge is 0.482 e. The van der Waals surface area contributed by atoms with Gasteiger partial charge in [-0.2, -0.15) is 0 Å². The van der Waals surface area contributed by atoms with Crippen LogP contribution in [-0.4, -0.2) is 24.1 Å². The van der Waals surface area contributed by atoms with E-state index >= 15 is 0 Å². The Morgan fingerprint density at radius 3 is 2.84 bits per heavy atom. The minimum absolute atomic E-state index is 0.0873. The van der Waals surface area contributed by atoms with Crippen LogP contribution in [-0.2, 0) is 0 Å². The highest BCUT2D eigenvalue weighted by molar-refractivity contribution is 5.46. The number of nitrogens with zero attached hydrogens (tertiary/aromatic N) is 1. The molecule has 0 spiro atoms. The zero-order valence-corrected chi connectivity index (χ0v) is 11.0. The summed E-state index contributed by atoms with van der Waals surface area (Å²) in [5, 5.41) is 13.9. The number of benzene rings is 1. The Hall–Kier alpha value is -1.95. The first-order valence-electron chi connectivity index (χ1n) is 5.87. The average molecular weight is 268 g/mol. The summed E-state index contributed by atoms with van der Waals surface area (Å²) in [5.41, 5.74) is 0.471. The Morgan fingerprint density at radius 2 is 2.26 bits per heavy atom. The fourth-order valence-electron chi connectivity index (χ4n) is 1.33. The van der Waals surface area contributed by atoms with Gasteiger partial charge in [0, 0.05) is 24.7 Å². The maximum atomic E-state index is 13.1. The second kappa shape index (κ2) is 6.84. The predicted octanol–water partition coefficient (Wildman–Crippen LogP) is 2.67. The smallest absolute Gasteiger partial charge is 0.311 e. The summed E-state index contributed by atoms with van der Waals surface area (Å²) in [6.07, 6.45) is 0. The number of nitro benzene ring substituents is 1. The molecule has 0 aliphatic rings. The molecule has 104 valence electrons. The van der Waals surface area contributed by atoms with Crippen LogP contribution in [0.4, 0.5) is 10.1 Å². The summed E-state index contributed by atoms with van der Waals surface area (Å²) in [6, 6.07) is 3.42. The lowest BCUT2D eigenvalue weighted by Gasteiger charge is -2.11. The van der Waals surface area contributed by atoms with Gasteiger partial charge >= 0.3 is 5.69 Å². The summed E-state index contributed by atoms with van der Waals surface area (Å²) in [5.74, 6) is -0.665. The Kier molecular flexibility index (Phi) is 5.44. The zero-order chi connectivity index (χ0) is 14.4. The van der Waals surface area contributed by atoms with Crippen molar-refractivity contribution in [1.29, 1.82) is 0 Å². The lowest BCUT2D eigenvalue weighted by Crippen LogP contribution is -2.26. The molecular formula is C13H17FN2O3. The van der Waals surface area contributed by atoms with Gasteiger partial charge in [-0.25, -0.2) is 4.39 Å². The molecule has 1 rings (SSSR count). The summed E-state index contributed by atoms with van der Waals surface area (Å²) < 4.78 is 18.3. The highest BCUT2D eigenvalue weighted by Crippen LogP contribution is 2.27. The van der Waals surface area contributed by atoms with Gasteiger partial charge in [-0.05, 0) is 11.6 Å². The van der Waals surface area contributed by atoms with E-state index in [4.69, 9.17) is 4.74 Å². The number of hydrogen-bond donors (Lipinski definition) is 1. The Bertz CT molecular complexity index is 475. The van der Waals surface area contributed by atoms with E-state index in [1.807, 2.05) is 13.8 Å². The molecule has 0 fully saturated rings. The molecule has 0 aliphatic carbocycles. The first-order chi connectivity index (χ1) is 8.90. The van der Waals surface area contributed by atoms with Crippen LogP contribution in [0.25, 0.3) is 0 Å². The van der Waals surface area contributed by atoms with Gasteiger partial charge in [0.1, 0.15) is 12.4 Å². The summed E-state index contributed by atoms with van der Waals surface area (Å²) in [6.45, 7) is 8.41. The van der Waals surface area contributed by atoms with E-state index < -0.39 is 10.7 Å². The second-order valence-corrected chi connectivity index (χ2v) is 4.44. The maximum Gasteiger partial charge on any atom is 0.311 e. The van der Waals surface area contributed by atoms with Crippen molar-refractivity contribution in [3.63, 3.8) is 0 Å². The highest BCUT2D eigenvalue weighted by Gasteiger charge is 2.16. The Balaban J connectivity index is 2.64. The van der Waals surface area contributed by atoms with Crippen LogP contribution in [0, 0.1) is 15.9 Å². The summed E-state index contributed by atoms with van der Waals surface area (Å²) in [7, 11) is 0. The number of hydrogen-bond acceptors (Lipinski definition) is 4. The molecule has 0 aliphatic heterocycles. The third-order valence-electron chi connectivity index (χ3n) is 2.31. The van der Waals surface area contributed by atoms with E-state index in [0.717, 1.165) is 23.8 Å². The molecule has 0 amide bonds. The molecule has 1 aromatic rings. The van der Waals surface area contributed by atoms with Crippen molar-refractivity contribution < 1.29 is 14.1 Å². The molecule has 0 atom stereocenters. The van der Waals surface area contributed by atoms with Gasteiger partial charge in [-0.3, -0.25) is 10.1 Å². The molecule has 0 aromatic heterocycles.